The van der Waals surface area contributed by atoms with E-state index in [1.165, 1.54) is 0 Å². The minimum Gasteiger partial charge on any atom is -0.465 e. The van der Waals surface area contributed by atoms with Gasteiger partial charge in [-0.05, 0) is 42.1 Å². The molecule has 0 radical (unpaired) electrons. The molecule has 0 saturated carbocycles. The summed E-state index contributed by atoms with van der Waals surface area (Å²) >= 11 is 0. The molecular weight excluding hydrogens is 356 g/mol. The molecule has 0 bridgehead atoms. The van der Waals surface area contributed by atoms with E-state index in [0.717, 1.165) is 28.0 Å². The number of hydrogen-bond donors (Lipinski definition) is 3. The summed E-state index contributed by atoms with van der Waals surface area (Å²) in [4.78, 5) is 30.0. The van der Waals surface area contributed by atoms with Crippen LogP contribution in [0.1, 0.15) is 23.5 Å². The van der Waals surface area contributed by atoms with Crippen molar-refractivity contribution in [2.24, 2.45) is 0 Å². The minimum atomic E-state index is -0.495. The van der Waals surface area contributed by atoms with Crippen LogP contribution in [0.25, 0.3) is 10.9 Å². The number of amides is 2. The topological polar surface area (TPSA) is 90.4 Å². The summed E-state index contributed by atoms with van der Waals surface area (Å²) in [5, 5.41) is 6.92. The van der Waals surface area contributed by atoms with E-state index >= 15 is 0 Å². The van der Waals surface area contributed by atoms with E-state index in [4.69, 9.17) is 4.42 Å². The number of hydrogen-bond acceptors (Lipinski definition) is 4. The number of benzene rings is 1. The summed E-state index contributed by atoms with van der Waals surface area (Å²) in [6.07, 6.45) is 2.01. The van der Waals surface area contributed by atoms with E-state index in [1.54, 1.807) is 0 Å². The predicted molar refractivity (Wildman–Crippen MR) is 105 cm³/mol. The molecule has 3 heterocycles. The third-order valence-corrected chi connectivity index (χ3v) is 5.08. The van der Waals surface area contributed by atoms with Crippen LogP contribution in [0.3, 0.4) is 0 Å². The molecule has 0 aliphatic carbocycles. The van der Waals surface area contributed by atoms with Crippen LogP contribution in [0.4, 0.5) is 0 Å². The SMILES string of the molecule is Cc1ccc(CN2CCNC(=O)[C@H]2CC(=O)NCc2ccc3cc[nH]c3c2)o1. The number of aromatic nitrogens is 1. The lowest BCUT2D eigenvalue weighted by Gasteiger charge is -2.34. The Morgan fingerprint density at radius 3 is 3.00 bits per heavy atom. The number of rotatable bonds is 6. The van der Waals surface area contributed by atoms with Crippen LogP contribution in [0.5, 0.6) is 0 Å². The van der Waals surface area contributed by atoms with Gasteiger partial charge in [0.15, 0.2) is 0 Å². The number of nitrogens with one attached hydrogen (secondary N) is 3. The summed E-state index contributed by atoms with van der Waals surface area (Å²) in [5.41, 5.74) is 2.05. The van der Waals surface area contributed by atoms with Crippen LogP contribution in [0.15, 0.2) is 47.0 Å². The quantitative estimate of drug-likeness (QED) is 0.611. The fourth-order valence-corrected chi connectivity index (χ4v) is 3.60. The number of carbonyl (C=O) groups is 2. The molecule has 28 heavy (non-hydrogen) atoms. The average molecular weight is 380 g/mol. The van der Waals surface area contributed by atoms with Crippen molar-refractivity contribution in [3.8, 4) is 0 Å². The molecule has 2 amide bonds. The second-order valence-corrected chi connectivity index (χ2v) is 7.17. The predicted octanol–water partition coefficient (Wildman–Crippen LogP) is 2.08. The van der Waals surface area contributed by atoms with Gasteiger partial charge in [0.1, 0.15) is 11.5 Å². The second kappa shape index (κ2) is 7.90. The largest absolute Gasteiger partial charge is 0.465 e. The lowest BCUT2D eigenvalue weighted by Crippen LogP contribution is -2.56. The van der Waals surface area contributed by atoms with Crippen molar-refractivity contribution in [1.82, 2.24) is 20.5 Å². The molecule has 0 spiro atoms. The number of piperazine rings is 1. The number of aromatic amines is 1. The average Bonchev–Trinajstić information content (AvgIpc) is 3.31. The first-order valence-electron chi connectivity index (χ1n) is 9.48. The zero-order valence-electron chi connectivity index (χ0n) is 15.8. The second-order valence-electron chi connectivity index (χ2n) is 7.17. The zero-order chi connectivity index (χ0) is 19.5. The maximum Gasteiger partial charge on any atom is 0.237 e. The summed E-state index contributed by atoms with van der Waals surface area (Å²) < 4.78 is 5.63. The molecule has 4 rings (SSSR count). The van der Waals surface area contributed by atoms with E-state index < -0.39 is 6.04 Å². The summed E-state index contributed by atoms with van der Waals surface area (Å²) in [6.45, 7) is 4.10. The van der Waals surface area contributed by atoms with Crippen molar-refractivity contribution in [2.45, 2.75) is 32.5 Å². The van der Waals surface area contributed by atoms with Crippen molar-refractivity contribution < 1.29 is 14.0 Å². The normalized spacial score (nSPS) is 17.6. The molecule has 1 aliphatic rings. The smallest absolute Gasteiger partial charge is 0.237 e. The van der Waals surface area contributed by atoms with Crippen LogP contribution in [0.2, 0.25) is 0 Å². The van der Waals surface area contributed by atoms with Gasteiger partial charge in [0.25, 0.3) is 0 Å². The first kappa shape index (κ1) is 18.3. The molecule has 0 unspecified atom stereocenters. The Hall–Kier alpha value is -3.06. The van der Waals surface area contributed by atoms with Gasteiger partial charge in [-0.3, -0.25) is 14.5 Å². The number of nitrogens with zero attached hydrogens (tertiary/aromatic N) is 1. The summed E-state index contributed by atoms with van der Waals surface area (Å²) in [6, 6.07) is 11.4. The summed E-state index contributed by atoms with van der Waals surface area (Å²) in [7, 11) is 0. The molecule has 1 aliphatic heterocycles. The van der Waals surface area contributed by atoms with Crippen LogP contribution < -0.4 is 10.6 Å². The third-order valence-electron chi connectivity index (χ3n) is 5.08. The Labute approximate surface area is 163 Å². The Morgan fingerprint density at radius 1 is 1.29 bits per heavy atom. The number of fused-ring (bicyclic) bond motifs is 1. The van der Waals surface area contributed by atoms with E-state index in [-0.39, 0.29) is 18.2 Å². The molecule has 1 fully saturated rings. The fourth-order valence-electron chi connectivity index (χ4n) is 3.60. The Morgan fingerprint density at radius 2 is 2.18 bits per heavy atom. The molecule has 1 atom stereocenters. The maximum absolute atomic E-state index is 12.5. The standard InChI is InChI=1S/C21H24N4O3/c1-14-2-5-17(28-14)13-25-9-8-23-21(27)19(25)11-20(26)24-12-15-3-4-16-6-7-22-18(16)10-15/h2-7,10,19,22H,8-9,11-13H2,1H3,(H,23,27)(H,24,26)/t19-/m1/s1. The first-order chi connectivity index (χ1) is 13.6. The molecule has 7 heteroatoms. The van der Waals surface area contributed by atoms with Gasteiger partial charge < -0.3 is 20.0 Å². The first-order valence-corrected chi connectivity index (χ1v) is 9.48. The third kappa shape index (κ3) is 4.09. The van der Waals surface area contributed by atoms with Crippen molar-refractivity contribution in [1.29, 1.82) is 0 Å². The molecule has 3 N–H and O–H groups in total. The lowest BCUT2D eigenvalue weighted by atomic mass is 10.1. The Kier molecular flexibility index (Phi) is 5.16. The van der Waals surface area contributed by atoms with Gasteiger partial charge in [-0.2, -0.15) is 0 Å². The van der Waals surface area contributed by atoms with Crippen molar-refractivity contribution in [3.63, 3.8) is 0 Å². The van der Waals surface area contributed by atoms with Crippen LogP contribution in [0, 0.1) is 6.92 Å². The van der Waals surface area contributed by atoms with Gasteiger partial charge in [0.2, 0.25) is 11.8 Å². The monoisotopic (exact) mass is 380 g/mol. The van der Waals surface area contributed by atoms with Gasteiger partial charge in [-0.25, -0.2) is 0 Å². The lowest BCUT2D eigenvalue weighted by molar-refractivity contribution is -0.134. The Bertz CT molecular complexity index is 990. The Balaban J connectivity index is 1.36. The highest BCUT2D eigenvalue weighted by atomic mass is 16.3. The molecule has 2 aromatic heterocycles. The van der Waals surface area contributed by atoms with Crippen LogP contribution in [-0.2, 0) is 22.7 Å². The van der Waals surface area contributed by atoms with Gasteiger partial charge in [0.05, 0.1) is 19.0 Å². The van der Waals surface area contributed by atoms with E-state index in [0.29, 0.717) is 26.2 Å². The number of carbonyl (C=O) groups excluding carboxylic acids is 2. The van der Waals surface area contributed by atoms with E-state index in [9.17, 15) is 9.59 Å². The number of H-pyrrole nitrogens is 1. The van der Waals surface area contributed by atoms with Crippen molar-refractivity contribution >= 4 is 22.7 Å². The molecule has 3 aromatic rings. The fraction of sp³-hybridized carbons (Fsp3) is 0.333. The highest BCUT2D eigenvalue weighted by molar-refractivity contribution is 5.89. The van der Waals surface area contributed by atoms with Crippen LogP contribution in [-0.4, -0.2) is 40.8 Å². The molecule has 1 saturated heterocycles. The van der Waals surface area contributed by atoms with Gasteiger partial charge in [0, 0.05) is 31.3 Å². The zero-order valence-corrected chi connectivity index (χ0v) is 15.8. The number of furan rings is 1. The highest BCUT2D eigenvalue weighted by Crippen LogP contribution is 2.17. The van der Waals surface area contributed by atoms with Crippen molar-refractivity contribution in [3.05, 3.63) is 59.7 Å². The maximum atomic E-state index is 12.5. The van der Waals surface area contributed by atoms with E-state index in [1.807, 2.05) is 54.4 Å². The van der Waals surface area contributed by atoms with Gasteiger partial charge in [-0.15, -0.1) is 0 Å². The van der Waals surface area contributed by atoms with Gasteiger partial charge >= 0.3 is 0 Å². The van der Waals surface area contributed by atoms with Crippen LogP contribution >= 0.6 is 0 Å². The molecule has 7 nitrogen and oxygen atoms in total. The highest BCUT2D eigenvalue weighted by Gasteiger charge is 2.32. The summed E-state index contributed by atoms with van der Waals surface area (Å²) in [5.74, 6) is 1.38. The number of aryl methyl sites for hydroxylation is 1. The molecule has 146 valence electrons. The molecular formula is C21H24N4O3. The van der Waals surface area contributed by atoms with E-state index in [2.05, 4.69) is 15.6 Å². The van der Waals surface area contributed by atoms with Gasteiger partial charge in [-0.1, -0.05) is 12.1 Å². The molecule has 1 aromatic carbocycles. The van der Waals surface area contributed by atoms with Crippen molar-refractivity contribution in [2.75, 3.05) is 13.1 Å². The minimum absolute atomic E-state index is 0.113.